The van der Waals surface area contributed by atoms with Crippen LogP contribution in [-0.2, 0) is 0 Å². The van der Waals surface area contributed by atoms with Gasteiger partial charge in [0.15, 0.2) is 0 Å². The molecule has 7 aliphatic rings. The lowest BCUT2D eigenvalue weighted by Crippen LogP contribution is -2.45. The van der Waals surface area contributed by atoms with E-state index in [1.165, 1.54) is 12.8 Å². The molecule has 7 rings (SSSR count). The zero-order chi connectivity index (χ0) is 17.5. The Morgan fingerprint density at radius 3 is 1.32 bits per heavy atom. The van der Waals surface area contributed by atoms with Crippen molar-refractivity contribution in [3.63, 3.8) is 0 Å². The van der Waals surface area contributed by atoms with Crippen molar-refractivity contribution in [1.82, 2.24) is 4.44 Å². The summed E-state index contributed by atoms with van der Waals surface area (Å²) < 4.78 is 5.23. The van der Waals surface area contributed by atoms with Gasteiger partial charge in [0.05, 0.1) is 9.28 Å². The molecule has 0 aromatic heterocycles. The molecule has 2 atom stereocenters. The van der Waals surface area contributed by atoms with Crippen LogP contribution in [0.2, 0.25) is 0 Å². The second kappa shape index (κ2) is 4.87. The third-order valence-electron chi connectivity index (χ3n) is 8.53. The zero-order valence-electron chi connectivity index (χ0n) is 16.8. The van der Waals surface area contributed by atoms with Crippen molar-refractivity contribution in [2.24, 2.45) is 10.8 Å². The van der Waals surface area contributed by atoms with Gasteiger partial charge in [-0.15, -0.1) is 0 Å². The average Bonchev–Trinajstić information content (AvgIpc) is 3.22. The van der Waals surface area contributed by atoms with Crippen molar-refractivity contribution in [3.05, 3.63) is 0 Å². The van der Waals surface area contributed by atoms with E-state index in [2.05, 4.69) is 39.1 Å². The van der Waals surface area contributed by atoms with Gasteiger partial charge in [-0.1, -0.05) is 52.4 Å². The average molecular weight is 413 g/mol. The Labute approximate surface area is 159 Å². The molecule has 7 fully saturated rings. The minimum Gasteiger partial charge on any atom is -0.245 e. The molecule has 5 saturated heterocycles. The van der Waals surface area contributed by atoms with Crippen molar-refractivity contribution in [2.75, 3.05) is 0 Å². The molecule has 5 aliphatic heterocycles. The minimum atomic E-state index is 0.295. The van der Waals surface area contributed by atoms with Crippen LogP contribution in [0.15, 0.2) is 0 Å². The van der Waals surface area contributed by atoms with Gasteiger partial charge in [-0.3, -0.25) is 0 Å². The predicted octanol–water partition coefficient (Wildman–Crippen LogP) is 8.98. The van der Waals surface area contributed by atoms with Crippen LogP contribution in [0.25, 0.3) is 0 Å². The fraction of sp³-hybridized carbons (Fsp3) is 1.00. The summed E-state index contributed by atoms with van der Waals surface area (Å²) in [6, 6.07) is 0. The van der Waals surface area contributed by atoms with Gasteiger partial charge in [-0.2, -0.15) is 0 Å². The van der Waals surface area contributed by atoms with E-state index in [9.17, 15) is 0 Å². The van der Waals surface area contributed by atoms with Crippen LogP contribution in [0.4, 0.5) is 0 Å². The van der Waals surface area contributed by atoms with E-state index in [0.717, 1.165) is 20.1 Å². The highest BCUT2D eigenvalue weighted by atomic mass is 32.3. The van der Waals surface area contributed by atoms with Crippen LogP contribution in [0.5, 0.6) is 0 Å². The quantitative estimate of drug-likeness (QED) is 0.408. The van der Waals surface area contributed by atoms with Gasteiger partial charge in [-0.25, -0.2) is 4.44 Å². The van der Waals surface area contributed by atoms with Crippen molar-refractivity contribution in [3.8, 4) is 0 Å². The first kappa shape index (κ1) is 17.5. The lowest BCUT2D eigenvalue weighted by Gasteiger charge is -2.53. The first-order chi connectivity index (χ1) is 11.8. The van der Waals surface area contributed by atoms with Crippen molar-refractivity contribution < 1.29 is 0 Å². The van der Waals surface area contributed by atoms with Crippen LogP contribution in [-0.4, -0.2) is 19.3 Å². The molecule has 2 bridgehead atoms. The molecule has 140 valence electrons. The van der Waals surface area contributed by atoms with E-state index >= 15 is 0 Å². The summed E-state index contributed by atoms with van der Waals surface area (Å²) >= 11 is 0. The maximum atomic E-state index is 3.27. The number of hydrogen-bond acceptors (Lipinski definition) is 1. The van der Waals surface area contributed by atoms with Crippen LogP contribution >= 0.6 is 30.7 Å². The molecule has 0 aromatic rings. The molecule has 5 heterocycles. The standard InChI is InChI=1S/C20H35NP4/c1-16(2,3)21-24-19(17(4)12-8-6-9-13-17)22(24)20(23(19)25(20)21)18(5)14-10-7-11-15-18/h6-15H2,1-5H3. The largest absolute Gasteiger partial charge is 0.245 e. The van der Waals surface area contributed by atoms with E-state index in [-0.39, 0.29) is 0 Å². The number of rotatable bonds is 2. The highest BCUT2D eigenvalue weighted by molar-refractivity contribution is 8.83. The predicted molar refractivity (Wildman–Crippen MR) is 117 cm³/mol. The Bertz CT molecular complexity index is 572. The summed E-state index contributed by atoms with van der Waals surface area (Å²) in [5.74, 6) is 0. The fourth-order valence-electron chi connectivity index (χ4n) is 7.33. The zero-order valence-corrected chi connectivity index (χ0v) is 20.4. The van der Waals surface area contributed by atoms with Gasteiger partial charge in [0, 0.05) is 21.1 Å². The molecule has 2 unspecified atom stereocenters. The normalized spacial score (nSPS) is 54.6. The van der Waals surface area contributed by atoms with Gasteiger partial charge < -0.3 is 0 Å². The van der Waals surface area contributed by atoms with Gasteiger partial charge >= 0.3 is 0 Å². The lowest BCUT2D eigenvalue weighted by molar-refractivity contribution is 0.203. The molecular weight excluding hydrogens is 378 g/mol. The summed E-state index contributed by atoms with van der Waals surface area (Å²) in [5, 5.41) is 0. The topological polar surface area (TPSA) is 3.24 Å². The highest BCUT2D eigenvalue weighted by Crippen LogP contribution is 3.52. The molecule has 0 spiro atoms. The molecule has 2 saturated carbocycles. The second-order valence-electron chi connectivity index (χ2n) is 11.2. The summed E-state index contributed by atoms with van der Waals surface area (Å²) in [7, 11) is 1.41. The summed E-state index contributed by atoms with van der Waals surface area (Å²) in [4.78, 5) is 0. The van der Waals surface area contributed by atoms with Crippen LogP contribution < -0.4 is 0 Å². The van der Waals surface area contributed by atoms with Gasteiger partial charge in [-0.05, 0) is 72.5 Å². The first-order valence-corrected chi connectivity index (χ1v) is 17.5. The second-order valence-corrected chi connectivity index (χ2v) is 25.5. The smallest absolute Gasteiger partial charge is 0.0658 e. The fourth-order valence-corrected chi connectivity index (χ4v) is 56.6. The van der Waals surface area contributed by atoms with E-state index in [0.29, 0.717) is 36.3 Å². The molecule has 25 heavy (non-hydrogen) atoms. The Hall–Kier alpha value is 1.68. The molecule has 2 aliphatic carbocycles. The number of hydrogen-bond donors (Lipinski definition) is 0. The third kappa shape index (κ3) is 1.64. The maximum Gasteiger partial charge on any atom is 0.0658 e. The highest BCUT2D eigenvalue weighted by Gasteiger charge is 3.12. The van der Waals surface area contributed by atoms with Gasteiger partial charge in [0.25, 0.3) is 0 Å². The van der Waals surface area contributed by atoms with E-state index in [4.69, 9.17) is 0 Å². The molecule has 1 nitrogen and oxygen atoms in total. The monoisotopic (exact) mass is 413 g/mol. The van der Waals surface area contributed by atoms with E-state index < -0.39 is 0 Å². The molecule has 0 N–H and O–H groups in total. The van der Waals surface area contributed by atoms with Crippen LogP contribution in [0.1, 0.15) is 98.8 Å². The third-order valence-corrected chi connectivity index (χ3v) is 37.5. The molecule has 0 radical (unpaired) electrons. The first-order valence-electron chi connectivity index (χ1n) is 10.8. The van der Waals surface area contributed by atoms with Crippen molar-refractivity contribution in [2.45, 2.75) is 114 Å². The Morgan fingerprint density at radius 2 is 1.00 bits per heavy atom. The van der Waals surface area contributed by atoms with Crippen LogP contribution in [0, 0.1) is 10.8 Å². The molecule has 0 aromatic carbocycles. The molecular formula is C20H35NP4. The summed E-state index contributed by atoms with van der Waals surface area (Å²) in [5.41, 5.74) is 2.02. The van der Waals surface area contributed by atoms with E-state index in [1.54, 1.807) is 51.4 Å². The lowest BCUT2D eigenvalue weighted by atomic mass is 9.76. The maximum absolute atomic E-state index is 3.27. The van der Waals surface area contributed by atoms with Crippen molar-refractivity contribution >= 4 is 30.7 Å². The minimum absolute atomic E-state index is 0.295. The summed E-state index contributed by atoms with van der Waals surface area (Å²) in [6.07, 6.45) is 15.6. The SMILES string of the molecule is CC(C)(C)N1P2P3C2(C2(C)CCCCC2)P2P1C32C1(C)CCCCC1. The Morgan fingerprint density at radius 1 is 0.640 bits per heavy atom. The van der Waals surface area contributed by atoms with E-state index in [1.807, 2.05) is 0 Å². The van der Waals surface area contributed by atoms with Gasteiger partial charge in [0.1, 0.15) is 0 Å². The van der Waals surface area contributed by atoms with Crippen molar-refractivity contribution in [1.29, 1.82) is 0 Å². The van der Waals surface area contributed by atoms with Gasteiger partial charge in [0.2, 0.25) is 0 Å². The van der Waals surface area contributed by atoms with Crippen LogP contribution in [0.3, 0.4) is 0 Å². The molecule has 5 heteroatoms. The number of nitrogens with zero attached hydrogens (tertiary/aromatic N) is 1. The Balaban J connectivity index is 1.43. The Kier molecular flexibility index (Phi) is 3.41. The molecule has 0 amide bonds. The summed E-state index contributed by atoms with van der Waals surface area (Å²) in [6.45, 7) is 13.3.